The summed E-state index contributed by atoms with van der Waals surface area (Å²) >= 11 is 0. The van der Waals surface area contributed by atoms with Crippen LogP contribution in [0.3, 0.4) is 0 Å². The van der Waals surface area contributed by atoms with E-state index in [2.05, 4.69) is 143 Å². The van der Waals surface area contributed by atoms with E-state index in [9.17, 15) is 0 Å². The molecule has 196 valence electrons. The van der Waals surface area contributed by atoms with Gasteiger partial charge in [-0.3, -0.25) is 0 Å². The fourth-order valence-electron chi connectivity index (χ4n) is 6.19. The van der Waals surface area contributed by atoms with Crippen molar-refractivity contribution in [2.45, 2.75) is 0 Å². The zero-order chi connectivity index (χ0) is 27.6. The summed E-state index contributed by atoms with van der Waals surface area (Å²) in [5.74, 6) is 0. The monoisotopic (exact) mass is 536 g/mol. The number of nitrogens with zero attached hydrogens (tertiary/aromatic N) is 2. The van der Waals surface area contributed by atoms with E-state index >= 15 is 0 Å². The summed E-state index contributed by atoms with van der Waals surface area (Å²) in [7, 11) is 0. The van der Waals surface area contributed by atoms with Crippen LogP contribution in [-0.2, 0) is 0 Å². The second-order valence-electron chi connectivity index (χ2n) is 11.0. The van der Waals surface area contributed by atoms with Crippen molar-refractivity contribution in [3.05, 3.63) is 132 Å². The number of hydrogen-bond donors (Lipinski definition) is 2. The van der Waals surface area contributed by atoms with Crippen LogP contribution in [0, 0.1) is 0 Å². The molecule has 2 N–H and O–H groups in total. The predicted octanol–water partition coefficient (Wildman–Crippen LogP) is 9.78. The number of rotatable bonds is 1. The highest BCUT2D eigenvalue weighted by molar-refractivity contribution is 6.10. The molecule has 5 heterocycles. The van der Waals surface area contributed by atoms with Gasteiger partial charge in [0.25, 0.3) is 0 Å². The minimum atomic E-state index is 0.909. The van der Waals surface area contributed by atoms with Crippen LogP contribution in [0.15, 0.2) is 109 Å². The Hall–Kier alpha value is -5.74. The van der Waals surface area contributed by atoms with Gasteiger partial charge >= 0.3 is 0 Å². The van der Waals surface area contributed by atoms with Crippen molar-refractivity contribution >= 4 is 78.7 Å². The summed E-state index contributed by atoms with van der Waals surface area (Å²) in [6, 6.07) is 39.1. The van der Waals surface area contributed by atoms with Crippen molar-refractivity contribution in [3.63, 3.8) is 0 Å². The number of fused-ring (bicyclic) bond motifs is 11. The highest BCUT2D eigenvalue weighted by Crippen LogP contribution is 2.36. The van der Waals surface area contributed by atoms with Crippen LogP contribution >= 0.6 is 0 Å². The van der Waals surface area contributed by atoms with Gasteiger partial charge in [0, 0.05) is 27.6 Å². The molecule has 0 atom stereocenters. The maximum atomic E-state index is 4.90. The molecule has 0 unspecified atom stereocenters. The lowest BCUT2D eigenvalue weighted by atomic mass is 9.94. The minimum Gasteiger partial charge on any atom is -0.355 e. The van der Waals surface area contributed by atoms with E-state index in [1.165, 1.54) is 37.9 Å². The topological polar surface area (TPSA) is 57.4 Å². The van der Waals surface area contributed by atoms with Crippen molar-refractivity contribution in [1.82, 2.24) is 19.9 Å². The van der Waals surface area contributed by atoms with E-state index in [0.717, 1.165) is 50.4 Å². The predicted molar refractivity (Wildman–Crippen MR) is 177 cm³/mol. The normalized spacial score (nSPS) is 12.6. The molecule has 8 bridgehead atoms. The molecule has 4 nitrogen and oxygen atoms in total. The SMILES string of the molecule is C1=Cc2cc3cc(-c4cccc5cc6cc7ccccc7cc6cc45)c(cc4nc(cc5ccc(cc1n2)[nH]5)C=C4)[nH]3. The highest BCUT2D eigenvalue weighted by Gasteiger charge is 2.11. The third-order valence-corrected chi connectivity index (χ3v) is 8.16. The van der Waals surface area contributed by atoms with Gasteiger partial charge in [-0.15, -0.1) is 0 Å². The van der Waals surface area contributed by atoms with Gasteiger partial charge in [0.15, 0.2) is 0 Å². The summed E-state index contributed by atoms with van der Waals surface area (Å²) in [4.78, 5) is 16.9. The molecule has 7 aromatic rings. The Kier molecular flexibility index (Phi) is 4.87. The number of aromatic amines is 2. The molecule has 0 amide bonds. The van der Waals surface area contributed by atoms with Crippen LogP contribution in [0.2, 0.25) is 0 Å². The lowest BCUT2D eigenvalue weighted by Crippen LogP contribution is -1.83. The van der Waals surface area contributed by atoms with Crippen molar-refractivity contribution < 1.29 is 0 Å². The Morgan fingerprint density at radius 3 is 1.64 bits per heavy atom. The van der Waals surface area contributed by atoms with Crippen LogP contribution in [0.25, 0.3) is 89.8 Å². The average molecular weight is 537 g/mol. The Balaban J connectivity index is 1.33. The van der Waals surface area contributed by atoms with Gasteiger partial charge in [0.2, 0.25) is 0 Å². The summed E-state index contributed by atoms with van der Waals surface area (Å²) in [5, 5.41) is 7.44. The molecular weight excluding hydrogens is 512 g/mol. The van der Waals surface area contributed by atoms with Gasteiger partial charge in [-0.2, -0.15) is 0 Å². The maximum absolute atomic E-state index is 4.90. The van der Waals surface area contributed by atoms with Crippen molar-refractivity contribution in [2.24, 2.45) is 0 Å². The van der Waals surface area contributed by atoms with E-state index in [1.807, 2.05) is 0 Å². The van der Waals surface area contributed by atoms with Gasteiger partial charge in [-0.25, -0.2) is 9.97 Å². The molecule has 0 aliphatic carbocycles. The summed E-state index contributed by atoms with van der Waals surface area (Å²) in [6.07, 6.45) is 8.24. The minimum absolute atomic E-state index is 0.909. The van der Waals surface area contributed by atoms with Crippen LogP contribution in [-0.4, -0.2) is 19.9 Å². The Bertz CT molecular complexity index is 2470. The zero-order valence-electron chi connectivity index (χ0n) is 22.6. The zero-order valence-corrected chi connectivity index (χ0v) is 22.6. The molecule has 0 radical (unpaired) electrons. The number of aromatic nitrogens is 4. The molecule has 2 aliphatic heterocycles. The first-order chi connectivity index (χ1) is 20.7. The molecule has 42 heavy (non-hydrogen) atoms. The third kappa shape index (κ3) is 3.93. The van der Waals surface area contributed by atoms with Crippen LogP contribution in [0.5, 0.6) is 0 Å². The molecule has 3 aromatic heterocycles. The first-order valence-electron chi connectivity index (χ1n) is 14.1. The average Bonchev–Trinajstić information content (AvgIpc) is 3.80. The third-order valence-electron chi connectivity index (χ3n) is 8.16. The van der Waals surface area contributed by atoms with Crippen LogP contribution in [0.4, 0.5) is 0 Å². The molecule has 0 saturated heterocycles. The first-order valence-corrected chi connectivity index (χ1v) is 14.1. The van der Waals surface area contributed by atoms with E-state index < -0.39 is 0 Å². The Morgan fingerprint density at radius 1 is 0.381 bits per heavy atom. The lowest BCUT2D eigenvalue weighted by Gasteiger charge is -2.09. The van der Waals surface area contributed by atoms with Gasteiger partial charge in [-0.1, -0.05) is 42.5 Å². The molecule has 4 aromatic carbocycles. The quantitative estimate of drug-likeness (QED) is 0.205. The highest BCUT2D eigenvalue weighted by atomic mass is 14.8. The van der Waals surface area contributed by atoms with Crippen molar-refractivity contribution in [3.8, 4) is 11.1 Å². The molecule has 0 spiro atoms. The fraction of sp³-hybridized carbons (Fsp3) is 0. The Morgan fingerprint density at radius 2 is 0.952 bits per heavy atom. The van der Waals surface area contributed by atoms with E-state index in [-0.39, 0.29) is 0 Å². The second kappa shape index (κ2) is 8.88. The summed E-state index contributed by atoms with van der Waals surface area (Å²) in [5.41, 5.74) is 10.0. The fourth-order valence-corrected chi connectivity index (χ4v) is 6.19. The standard InChI is InChI=1S/C38H24N4/c1-2-5-24-15-27-17-36-25(16-26(27)14-23(24)4-1)6-3-7-35(36)37-21-34-20-32-11-10-30(40-32)18-28-8-9-29(39-28)19-31-12-13-33(41-31)22-38(37)42-34/h1-22,39,42H. The largest absolute Gasteiger partial charge is 0.355 e. The molecule has 4 heteroatoms. The second-order valence-corrected chi connectivity index (χ2v) is 11.0. The van der Waals surface area contributed by atoms with Gasteiger partial charge in [0.05, 0.1) is 22.8 Å². The number of hydrogen-bond acceptors (Lipinski definition) is 2. The smallest absolute Gasteiger partial charge is 0.0658 e. The molecular formula is C38H24N4. The number of benzene rings is 4. The van der Waals surface area contributed by atoms with E-state index in [1.54, 1.807) is 0 Å². The van der Waals surface area contributed by atoms with Gasteiger partial charge < -0.3 is 9.97 Å². The molecule has 2 aliphatic rings. The lowest BCUT2D eigenvalue weighted by molar-refractivity contribution is 1.31. The van der Waals surface area contributed by atoms with Crippen molar-refractivity contribution in [2.75, 3.05) is 0 Å². The maximum Gasteiger partial charge on any atom is 0.0658 e. The summed E-state index contributed by atoms with van der Waals surface area (Å²) < 4.78 is 0. The van der Waals surface area contributed by atoms with E-state index in [4.69, 9.17) is 9.97 Å². The Labute approximate surface area is 241 Å². The van der Waals surface area contributed by atoms with Crippen LogP contribution in [0.1, 0.15) is 22.8 Å². The number of nitrogens with one attached hydrogen (secondary N) is 2. The molecule has 0 saturated carbocycles. The first kappa shape index (κ1) is 23.0. The molecule has 9 rings (SSSR count). The number of H-pyrrole nitrogens is 2. The van der Waals surface area contributed by atoms with Gasteiger partial charge in [0.1, 0.15) is 0 Å². The summed E-state index contributed by atoms with van der Waals surface area (Å²) in [6.45, 7) is 0. The van der Waals surface area contributed by atoms with Gasteiger partial charge in [-0.05, 0) is 129 Å². The van der Waals surface area contributed by atoms with Crippen molar-refractivity contribution in [1.29, 1.82) is 0 Å². The van der Waals surface area contributed by atoms with E-state index in [0.29, 0.717) is 0 Å². The van der Waals surface area contributed by atoms with Crippen LogP contribution < -0.4 is 0 Å². The molecule has 0 fully saturated rings.